The van der Waals surface area contributed by atoms with Gasteiger partial charge in [-0.1, -0.05) is 6.07 Å². The maximum absolute atomic E-state index is 12.1. The Bertz CT molecular complexity index is 682. The van der Waals surface area contributed by atoms with Gasteiger partial charge in [-0.3, -0.25) is 0 Å². The molecule has 0 aliphatic heterocycles. The number of ether oxygens (including phenoxy) is 1. The highest BCUT2D eigenvalue weighted by atomic mass is 32.2. The third-order valence-corrected chi connectivity index (χ3v) is 4.01. The SMILES string of the molecule is CCOC(=O)C(C)(C)Nc1cccc(S(=O)(=O)/N=C/N(C)C)c1. The Morgan fingerprint density at radius 1 is 1.39 bits per heavy atom. The fraction of sp³-hybridized carbons (Fsp3) is 0.467. The van der Waals surface area contributed by atoms with E-state index in [2.05, 4.69) is 9.71 Å². The normalized spacial score (nSPS) is 12.2. The monoisotopic (exact) mass is 341 g/mol. The van der Waals surface area contributed by atoms with E-state index in [9.17, 15) is 13.2 Å². The van der Waals surface area contributed by atoms with E-state index in [1.807, 2.05) is 0 Å². The summed E-state index contributed by atoms with van der Waals surface area (Å²) in [4.78, 5) is 13.5. The minimum absolute atomic E-state index is 0.0419. The lowest BCUT2D eigenvalue weighted by atomic mass is 10.1. The van der Waals surface area contributed by atoms with Gasteiger partial charge in [0.1, 0.15) is 11.9 Å². The predicted molar refractivity (Wildman–Crippen MR) is 90.1 cm³/mol. The second-order valence-corrected chi connectivity index (χ2v) is 7.29. The molecule has 0 spiro atoms. The Labute approximate surface area is 137 Å². The molecule has 8 heteroatoms. The molecule has 128 valence electrons. The summed E-state index contributed by atoms with van der Waals surface area (Å²) >= 11 is 0. The van der Waals surface area contributed by atoms with E-state index in [1.54, 1.807) is 47.0 Å². The third-order valence-electron chi connectivity index (χ3n) is 2.79. The molecule has 0 fully saturated rings. The maximum Gasteiger partial charge on any atom is 0.331 e. The van der Waals surface area contributed by atoms with E-state index in [0.29, 0.717) is 5.69 Å². The zero-order valence-electron chi connectivity index (χ0n) is 14.0. The molecule has 7 nitrogen and oxygen atoms in total. The van der Waals surface area contributed by atoms with Gasteiger partial charge in [-0.2, -0.15) is 8.42 Å². The Morgan fingerprint density at radius 2 is 2.04 bits per heavy atom. The number of carbonyl (C=O) groups is 1. The van der Waals surface area contributed by atoms with Crippen LogP contribution in [0.25, 0.3) is 0 Å². The van der Waals surface area contributed by atoms with Gasteiger partial charge in [0.2, 0.25) is 0 Å². The van der Waals surface area contributed by atoms with Crippen LogP contribution >= 0.6 is 0 Å². The number of hydrogen-bond acceptors (Lipinski definition) is 5. The van der Waals surface area contributed by atoms with Crippen molar-refractivity contribution in [3.63, 3.8) is 0 Å². The van der Waals surface area contributed by atoms with Crippen molar-refractivity contribution in [2.75, 3.05) is 26.0 Å². The lowest BCUT2D eigenvalue weighted by Crippen LogP contribution is -2.41. The molecule has 1 aromatic carbocycles. The lowest BCUT2D eigenvalue weighted by Gasteiger charge is -2.25. The summed E-state index contributed by atoms with van der Waals surface area (Å²) in [7, 11) is -0.433. The van der Waals surface area contributed by atoms with E-state index >= 15 is 0 Å². The van der Waals surface area contributed by atoms with Crippen LogP contribution in [-0.4, -0.2) is 51.9 Å². The van der Waals surface area contributed by atoms with Gasteiger partial charge in [-0.15, -0.1) is 4.40 Å². The van der Waals surface area contributed by atoms with Crippen molar-refractivity contribution in [2.45, 2.75) is 31.2 Å². The van der Waals surface area contributed by atoms with Gasteiger partial charge >= 0.3 is 5.97 Å². The van der Waals surface area contributed by atoms with Crippen molar-refractivity contribution in [2.24, 2.45) is 4.40 Å². The van der Waals surface area contributed by atoms with Crippen LogP contribution in [0.3, 0.4) is 0 Å². The molecule has 0 amide bonds. The first kappa shape index (κ1) is 19.0. The van der Waals surface area contributed by atoms with E-state index in [-0.39, 0.29) is 11.5 Å². The highest BCUT2D eigenvalue weighted by Crippen LogP contribution is 2.21. The molecular weight excluding hydrogens is 318 g/mol. The summed E-state index contributed by atoms with van der Waals surface area (Å²) in [6.45, 7) is 5.33. The molecule has 0 aromatic heterocycles. The molecule has 1 N–H and O–H groups in total. The second kappa shape index (κ2) is 7.45. The van der Waals surface area contributed by atoms with Crippen LogP contribution < -0.4 is 5.32 Å². The number of nitrogens with one attached hydrogen (secondary N) is 1. The largest absolute Gasteiger partial charge is 0.464 e. The molecule has 0 unspecified atom stereocenters. The van der Waals surface area contributed by atoms with E-state index in [0.717, 1.165) is 0 Å². The molecular formula is C15H23N3O4S. The molecule has 0 heterocycles. The number of hydrogen-bond donors (Lipinski definition) is 1. The number of sulfonamides is 1. The number of esters is 1. The Morgan fingerprint density at radius 3 is 2.61 bits per heavy atom. The minimum atomic E-state index is -3.79. The molecule has 23 heavy (non-hydrogen) atoms. The van der Waals surface area contributed by atoms with Crippen LogP contribution in [0.4, 0.5) is 5.69 Å². The van der Waals surface area contributed by atoms with Gasteiger partial charge in [-0.25, -0.2) is 4.79 Å². The average molecular weight is 341 g/mol. The molecule has 0 aliphatic rings. The molecule has 0 bridgehead atoms. The highest BCUT2D eigenvalue weighted by Gasteiger charge is 2.29. The fourth-order valence-corrected chi connectivity index (χ4v) is 2.64. The van der Waals surface area contributed by atoms with E-state index in [4.69, 9.17) is 4.74 Å². The van der Waals surface area contributed by atoms with Gasteiger partial charge in [0.15, 0.2) is 0 Å². The minimum Gasteiger partial charge on any atom is -0.464 e. The van der Waals surface area contributed by atoms with Crippen LogP contribution in [0.1, 0.15) is 20.8 Å². The first-order valence-electron chi connectivity index (χ1n) is 7.11. The number of carbonyl (C=O) groups excluding carboxylic acids is 1. The number of nitrogens with zero attached hydrogens (tertiary/aromatic N) is 2. The van der Waals surface area contributed by atoms with Crippen molar-refractivity contribution >= 4 is 28.0 Å². The first-order chi connectivity index (χ1) is 10.6. The summed E-state index contributed by atoms with van der Waals surface area (Å²) < 4.78 is 32.9. The van der Waals surface area contributed by atoms with Gasteiger partial charge in [0.05, 0.1) is 11.5 Å². The zero-order chi connectivity index (χ0) is 17.7. The van der Waals surface area contributed by atoms with Crippen LogP contribution in [-0.2, 0) is 19.6 Å². The van der Waals surface area contributed by atoms with Crippen molar-refractivity contribution in [3.05, 3.63) is 24.3 Å². The number of rotatable bonds is 7. The van der Waals surface area contributed by atoms with Gasteiger partial charge < -0.3 is 15.0 Å². The Kier molecular flexibility index (Phi) is 6.14. The Hall–Kier alpha value is -2.09. The molecule has 0 aliphatic carbocycles. The van der Waals surface area contributed by atoms with Gasteiger partial charge in [0.25, 0.3) is 10.0 Å². The topological polar surface area (TPSA) is 88.1 Å². The summed E-state index contributed by atoms with van der Waals surface area (Å²) in [6, 6.07) is 6.14. The van der Waals surface area contributed by atoms with Crippen LogP contribution in [0.15, 0.2) is 33.6 Å². The van der Waals surface area contributed by atoms with Crippen molar-refractivity contribution in [1.82, 2.24) is 4.90 Å². The fourth-order valence-electron chi connectivity index (χ4n) is 1.67. The maximum atomic E-state index is 12.1. The lowest BCUT2D eigenvalue weighted by molar-refractivity contribution is -0.147. The summed E-state index contributed by atoms with van der Waals surface area (Å²) in [5.74, 6) is -0.418. The standard InChI is InChI=1S/C15H23N3O4S/c1-6-22-14(19)15(2,3)17-12-8-7-9-13(10-12)23(20,21)16-11-18(4)5/h7-11,17H,6H2,1-5H3/b16-11+. The van der Waals surface area contributed by atoms with Crippen molar-refractivity contribution in [1.29, 1.82) is 0 Å². The third kappa shape index (κ3) is 5.55. The van der Waals surface area contributed by atoms with Crippen molar-refractivity contribution in [3.8, 4) is 0 Å². The predicted octanol–water partition coefficient (Wildman–Crippen LogP) is 1.72. The molecule has 0 saturated carbocycles. The van der Waals surface area contributed by atoms with Crippen LogP contribution in [0.5, 0.6) is 0 Å². The Balaban J connectivity index is 3.04. The molecule has 1 aromatic rings. The number of benzene rings is 1. The summed E-state index contributed by atoms with van der Waals surface area (Å²) in [5.41, 5.74) is -0.491. The smallest absolute Gasteiger partial charge is 0.331 e. The number of anilines is 1. The van der Waals surface area contributed by atoms with E-state index in [1.165, 1.54) is 23.4 Å². The van der Waals surface area contributed by atoms with Gasteiger partial charge in [0, 0.05) is 19.8 Å². The molecule has 0 radical (unpaired) electrons. The zero-order valence-corrected chi connectivity index (χ0v) is 14.8. The highest BCUT2D eigenvalue weighted by molar-refractivity contribution is 7.90. The quantitative estimate of drug-likeness (QED) is 0.461. The summed E-state index contributed by atoms with van der Waals surface area (Å²) in [6.07, 6.45) is 1.22. The molecule has 0 saturated heterocycles. The summed E-state index contributed by atoms with van der Waals surface area (Å²) in [5, 5.41) is 2.98. The van der Waals surface area contributed by atoms with Gasteiger partial charge in [-0.05, 0) is 39.0 Å². The average Bonchev–Trinajstić information content (AvgIpc) is 2.45. The first-order valence-corrected chi connectivity index (χ1v) is 8.55. The van der Waals surface area contributed by atoms with E-state index < -0.39 is 21.5 Å². The molecule has 1 rings (SSSR count). The van der Waals surface area contributed by atoms with Crippen LogP contribution in [0, 0.1) is 0 Å². The second-order valence-electron chi connectivity index (χ2n) is 5.66. The van der Waals surface area contributed by atoms with Crippen LogP contribution in [0.2, 0.25) is 0 Å². The molecule has 0 atom stereocenters. The van der Waals surface area contributed by atoms with Crippen molar-refractivity contribution < 1.29 is 17.9 Å².